The molecule has 0 aliphatic rings. The Morgan fingerprint density at radius 2 is 2.88 bits per heavy atom. The molecule has 0 atom stereocenters. The second kappa shape index (κ2) is 4.39. The number of aliphatic hydroxyl groups excluding tert-OH is 1. The molecule has 2 N–H and O–H groups in total. The van der Waals surface area contributed by atoms with Gasteiger partial charge >= 0.3 is 6.09 Å². The first-order valence-electron chi connectivity index (χ1n) is 2.70. The predicted octanol–water partition coefficient (Wildman–Crippen LogP) is -0.318. The molecule has 0 saturated carbocycles. The van der Waals surface area contributed by atoms with Crippen molar-refractivity contribution in [3.63, 3.8) is 0 Å². The van der Waals surface area contributed by atoms with Crippen LogP contribution in [-0.2, 0) is 4.74 Å². The lowest BCUT2D eigenvalue weighted by Gasteiger charge is -1.98. The van der Waals surface area contributed by atoms with E-state index >= 15 is 0 Å². The molecule has 0 fully saturated rings. The topological polar surface area (TPSA) is 58.6 Å². The monoisotopic (exact) mass is 120 g/mol. The van der Waals surface area contributed by atoms with Crippen LogP contribution in [0.3, 0.4) is 0 Å². The van der Waals surface area contributed by atoms with Crippen molar-refractivity contribution in [2.45, 2.75) is 6.92 Å². The van der Waals surface area contributed by atoms with E-state index in [-0.39, 0.29) is 6.73 Å². The van der Waals surface area contributed by atoms with Gasteiger partial charge in [0, 0.05) is 0 Å². The molecule has 0 saturated heterocycles. The predicted molar refractivity (Wildman–Crippen MR) is 27.2 cm³/mol. The van der Waals surface area contributed by atoms with Crippen molar-refractivity contribution in [3.8, 4) is 0 Å². The molecule has 0 aliphatic heterocycles. The van der Waals surface area contributed by atoms with Crippen LogP contribution in [0.1, 0.15) is 6.92 Å². The number of rotatable bonds is 3. The van der Waals surface area contributed by atoms with Gasteiger partial charge in [0.2, 0.25) is 1.43 Å². The van der Waals surface area contributed by atoms with Crippen LogP contribution >= 0.6 is 0 Å². The standard InChI is InChI=1S/C4H9NO3/c1-2-8-4(7)5-3-6/h6H,2-3H2,1H3,(H,5,7)/i6D. The number of nitrogens with one attached hydrogen (secondary N) is 1. The average molecular weight is 120 g/mol. The van der Waals surface area contributed by atoms with Gasteiger partial charge in [0.05, 0.1) is 6.61 Å². The van der Waals surface area contributed by atoms with Crippen molar-refractivity contribution in [3.05, 3.63) is 0 Å². The van der Waals surface area contributed by atoms with Crippen molar-refractivity contribution < 1.29 is 14.6 Å². The molecule has 0 aromatic heterocycles. The molecule has 1 amide bonds. The Bertz CT molecular complexity index is 87.9. The summed E-state index contributed by atoms with van der Waals surface area (Å²) in [5, 5.41) is 5.96. The molecule has 4 nitrogen and oxygen atoms in total. The van der Waals surface area contributed by atoms with Crippen LogP contribution in [0.25, 0.3) is 0 Å². The highest BCUT2D eigenvalue weighted by Gasteiger charge is 1.93. The van der Waals surface area contributed by atoms with E-state index in [0.29, 0.717) is 6.61 Å². The summed E-state index contributed by atoms with van der Waals surface area (Å²) in [5.74, 6) is 0. The molecular weight excluding hydrogens is 110 g/mol. The second-order valence-electron chi connectivity index (χ2n) is 1.04. The van der Waals surface area contributed by atoms with Crippen molar-refractivity contribution in [1.29, 1.82) is 1.43 Å². The normalized spacial score (nSPS) is 9.88. The van der Waals surface area contributed by atoms with Gasteiger partial charge in [0.25, 0.3) is 0 Å². The van der Waals surface area contributed by atoms with Crippen molar-refractivity contribution in [2.75, 3.05) is 13.3 Å². The summed E-state index contributed by atoms with van der Waals surface area (Å²) < 4.78 is 10.6. The third kappa shape index (κ3) is 3.42. The van der Waals surface area contributed by atoms with Crippen LogP contribution in [0.15, 0.2) is 0 Å². The summed E-state index contributed by atoms with van der Waals surface area (Å²) in [5.41, 5.74) is 0. The lowest BCUT2D eigenvalue weighted by atomic mass is 10.9. The molecule has 0 rings (SSSR count). The summed E-state index contributed by atoms with van der Waals surface area (Å²) >= 11 is 0. The number of hydrogen-bond donors (Lipinski definition) is 2. The van der Waals surface area contributed by atoms with Crippen LogP contribution in [0.2, 0.25) is 0 Å². The van der Waals surface area contributed by atoms with Gasteiger partial charge in [-0.05, 0) is 6.92 Å². The van der Waals surface area contributed by atoms with E-state index < -0.39 is 6.09 Å². The van der Waals surface area contributed by atoms with E-state index in [9.17, 15) is 4.79 Å². The van der Waals surface area contributed by atoms with E-state index in [1.807, 2.05) is 0 Å². The largest absolute Gasteiger partial charge is 0.450 e. The minimum absolute atomic E-state index is 0.140. The molecule has 8 heavy (non-hydrogen) atoms. The molecule has 0 spiro atoms. The summed E-state index contributed by atoms with van der Waals surface area (Å²) in [7, 11) is 0. The molecule has 48 valence electrons. The number of amides is 1. The molecule has 0 heterocycles. The first-order chi connectivity index (χ1) is 4.31. The summed E-state index contributed by atoms with van der Waals surface area (Å²) in [6.07, 6.45) is -0.565. The molecular formula is C4H9NO3. The van der Waals surface area contributed by atoms with Crippen molar-refractivity contribution in [1.82, 2.24) is 5.32 Å². The SMILES string of the molecule is [2H]OCNC(=O)OCC. The number of aliphatic hydroxyl groups is 1. The fourth-order valence-corrected chi connectivity index (χ4v) is 0.241. The number of ether oxygens (including phenoxy) is 1. The van der Waals surface area contributed by atoms with E-state index in [1.54, 1.807) is 6.92 Å². The average Bonchev–Trinajstić information content (AvgIpc) is 1.85. The Morgan fingerprint density at radius 1 is 2.12 bits per heavy atom. The zero-order valence-corrected chi connectivity index (χ0v) is 4.64. The second-order valence-corrected chi connectivity index (χ2v) is 1.04. The van der Waals surface area contributed by atoms with E-state index in [2.05, 4.69) is 15.2 Å². The van der Waals surface area contributed by atoms with Crippen LogP contribution in [0.4, 0.5) is 4.79 Å². The van der Waals surface area contributed by atoms with Crippen LogP contribution in [-0.4, -0.2) is 26.0 Å². The Labute approximate surface area is 48.9 Å². The van der Waals surface area contributed by atoms with Gasteiger partial charge in [0.15, 0.2) is 0 Å². The Balaban J connectivity index is 3.06. The lowest BCUT2D eigenvalue weighted by Crippen LogP contribution is -2.24. The molecule has 0 aromatic carbocycles. The van der Waals surface area contributed by atoms with Crippen LogP contribution in [0, 0.1) is 0 Å². The zero-order valence-electron chi connectivity index (χ0n) is 5.64. The van der Waals surface area contributed by atoms with E-state index in [0.717, 1.165) is 0 Å². The van der Waals surface area contributed by atoms with E-state index in [4.69, 9.17) is 1.43 Å². The van der Waals surface area contributed by atoms with Gasteiger partial charge < -0.3 is 9.85 Å². The summed E-state index contributed by atoms with van der Waals surface area (Å²) in [6, 6.07) is 0. The third-order valence-electron chi connectivity index (χ3n) is 0.492. The lowest BCUT2D eigenvalue weighted by molar-refractivity contribution is 0.138. The maximum absolute atomic E-state index is 10.3. The van der Waals surface area contributed by atoms with Gasteiger partial charge in [-0.3, -0.25) is 5.32 Å². The van der Waals surface area contributed by atoms with Gasteiger partial charge in [-0.15, -0.1) is 0 Å². The highest BCUT2D eigenvalue weighted by Crippen LogP contribution is 1.72. The van der Waals surface area contributed by atoms with Gasteiger partial charge in [-0.1, -0.05) is 0 Å². The Morgan fingerprint density at radius 3 is 3.38 bits per heavy atom. The molecule has 0 aliphatic carbocycles. The van der Waals surface area contributed by atoms with E-state index in [1.165, 1.54) is 0 Å². The van der Waals surface area contributed by atoms with Crippen LogP contribution < -0.4 is 5.32 Å². The molecule has 0 radical (unpaired) electrons. The van der Waals surface area contributed by atoms with Gasteiger partial charge in [-0.25, -0.2) is 4.79 Å². The highest BCUT2D eigenvalue weighted by molar-refractivity contribution is 5.66. The first-order valence-corrected chi connectivity index (χ1v) is 2.30. The quantitative estimate of drug-likeness (QED) is 0.502. The Hall–Kier alpha value is -0.770. The fourth-order valence-electron chi connectivity index (χ4n) is 0.241. The number of carbonyl (C=O) groups excluding carboxylic acids is 1. The fraction of sp³-hybridized carbons (Fsp3) is 0.750. The number of carbonyl (C=O) groups is 1. The van der Waals surface area contributed by atoms with Crippen molar-refractivity contribution >= 4 is 6.09 Å². The van der Waals surface area contributed by atoms with Gasteiger partial charge in [-0.2, -0.15) is 0 Å². The number of alkyl carbamates (subject to hydrolysis) is 1. The summed E-state index contributed by atoms with van der Waals surface area (Å²) in [6.45, 7) is 1.88. The highest BCUT2D eigenvalue weighted by atomic mass is 16.5. The minimum atomic E-state index is -0.565. The van der Waals surface area contributed by atoms with Crippen molar-refractivity contribution in [2.24, 2.45) is 0 Å². The Kier molecular flexibility index (Phi) is 2.95. The molecule has 0 bridgehead atoms. The maximum atomic E-state index is 10.3. The first kappa shape index (κ1) is 5.37. The molecule has 4 heteroatoms. The van der Waals surface area contributed by atoms with Crippen LogP contribution in [0.5, 0.6) is 0 Å². The number of hydrogen-bond acceptors (Lipinski definition) is 3. The summed E-state index contributed by atoms with van der Waals surface area (Å²) in [4.78, 5) is 10.3. The van der Waals surface area contributed by atoms with Gasteiger partial charge in [0.1, 0.15) is 6.73 Å². The smallest absolute Gasteiger partial charge is 0.408 e. The third-order valence-corrected chi connectivity index (χ3v) is 0.492. The zero-order chi connectivity index (χ0) is 7.11. The maximum Gasteiger partial charge on any atom is 0.408 e. The minimum Gasteiger partial charge on any atom is -0.450 e. The molecule has 0 unspecified atom stereocenters. The molecule has 0 aromatic rings.